The van der Waals surface area contributed by atoms with E-state index in [2.05, 4.69) is 4.98 Å². The molecule has 17 heavy (non-hydrogen) atoms. The van der Waals surface area contributed by atoms with Crippen LogP contribution in [0.25, 0.3) is 0 Å². The number of nitrogens with zero attached hydrogens (tertiary/aromatic N) is 1. The maximum Gasteiger partial charge on any atom is 0.0709 e. The Morgan fingerprint density at radius 3 is 2.71 bits per heavy atom. The van der Waals surface area contributed by atoms with Crippen LogP contribution in [0.2, 0.25) is 0 Å². The van der Waals surface area contributed by atoms with Gasteiger partial charge in [0.15, 0.2) is 0 Å². The van der Waals surface area contributed by atoms with Crippen molar-refractivity contribution in [3.8, 4) is 0 Å². The summed E-state index contributed by atoms with van der Waals surface area (Å²) in [6, 6.07) is 11.1. The highest BCUT2D eigenvalue weighted by molar-refractivity contribution is 7.84. The maximum atomic E-state index is 12.2. The minimum Gasteiger partial charge on any atom is -0.398 e. The molecule has 2 aromatic rings. The van der Waals surface area contributed by atoms with E-state index < -0.39 is 10.8 Å². The molecule has 0 amide bonds. The first-order valence-corrected chi connectivity index (χ1v) is 6.64. The van der Waals surface area contributed by atoms with Crippen molar-refractivity contribution >= 4 is 16.5 Å². The topological polar surface area (TPSA) is 56.0 Å². The van der Waals surface area contributed by atoms with Crippen molar-refractivity contribution in [1.29, 1.82) is 0 Å². The van der Waals surface area contributed by atoms with Crippen molar-refractivity contribution in [2.45, 2.75) is 17.6 Å². The van der Waals surface area contributed by atoms with Crippen molar-refractivity contribution in [3.05, 3.63) is 53.9 Å². The van der Waals surface area contributed by atoms with Gasteiger partial charge in [-0.2, -0.15) is 0 Å². The highest BCUT2D eigenvalue weighted by Crippen LogP contribution is 2.18. The van der Waals surface area contributed by atoms with Gasteiger partial charge in [-0.3, -0.25) is 9.19 Å². The maximum absolute atomic E-state index is 12.2. The van der Waals surface area contributed by atoms with Gasteiger partial charge >= 0.3 is 0 Å². The van der Waals surface area contributed by atoms with E-state index in [1.54, 1.807) is 18.3 Å². The third-order valence-electron chi connectivity index (χ3n) is 2.55. The van der Waals surface area contributed by atoms with Gasteiger partial charge in [0.05, 0.1) is 27.1 Å². The fourth-order valence-electron chi connectivity index (χ4n) is 1.56. The van der Waals surface area contributed by atoms with Crippen LogP contribution in [0.1, 0.15) is 11.3 Å². The molecule has 2 rings (SSSR count). The summed E-state index contributed by atoms with van der Waals surface area (Å²) in [5, 5.41) is 0. The molecule has 4 heteroatoms. The highest BCUT2D eigenvalue weighted by atomic mass is 32.2. The first-order chi connectivity index (χ1) is 8.18. The monoisotopic (exact) mass is 246 g/mol. The lowest BCUT2D eigenvalue weighted by Gasteiger charge is -2.06. The Morgan fingerprint density at radius 2 is 2.00 bits per heavy atom. The summed E-state index contributed by atoms with van der Waals surface area (Å²) in [5.74, 6) is 0.404. The number of benzene rings is 1. The number of nitrogen functional groups attached to an aromatic ring is 1. The number of pyridine rings is 1. The molecule has 0 aliphatic carbocycles. The van der Waals surface area contributed by atoms with Gasteiger partial charge in [0.2, 0.25) is 0 Å². The summed E-state index contributed by atoms with van der Waals surface area (Å²) >= 11 is 0. The molecule has 1 unspecified atom stereocenters. The van der Waals surface area contributed by atoms with Crippen LogP contribution in [0.3, 0.4) is 0 Å². The Labute approximate surface area is 103 Å². The first-order valence-electron chi connectivity index (χ1n) is 5.32. The lowest BCUT2D eigenvalue weighted by Crippen LogP contribution is -2.03. The van der Waals surface area contributed by atoms with Gasteiger partial charge in [0, 0.05) is 11.9 Å². The van der Waals surface area contributed by atoms with Gasteiger partial charge in [-0.25, -0.2) is 0 Å². The predicted molar refractivity (Wildman–Crippen MR) is 69.9 cm³/mol. The summed E-state index contributed by atoms with van der Waals surface area (Å²) in [5.41, 5.74) is 8.28. The van der Waals surface area contributed by atoms with Crippen LogP contribution in [0, 0.1) is 6.92 Å². The van der Waals surface area contributed by atoms with Crippen LogP contribution in [0.4, 0.5) is 5.69 Å². The summed E-state index contributed by atoms with van der Waals surface area (Å²) in [6.07, 6.45) is 1.72. The summed E-state index contributed by atoms with van der Waals surface area (Å²) < 4.78 is 12.2. The zero-order valence-electron chi connectivity index (χ0n) is 9.59. The minimum atomic E-state index is -1.14. The lowest BCUT2D eigenvalue weighted by molar-refractivity contribution is 0.682. The SMILES string of the molecule is Cc1cccnc1CS(=O)c1ccccc1N. The Balaban J connectivity index is 2.24. The average molecular weight is 246 g/mol. The molecule has 88 valence electrons. The fraction of sp³-hybridized carbons (Fsp3) is 0.154. The van der Waals surface area contributed by atoms with E-state index in [0.29, 0.717) is 16.3 Å². The number of hydrogen-bond acceptors (Lipinski definition) is 3. The second-order valence-corrected chi connectivity index (χ2v) is 5.21. The van der Waals surface area contributed by atoms with Crippen LogP contribution < -0.4 is 5.73 Å². The third-order valence-corrected chi connectivity index (χ3v) is 3.95. The van der Waals surface area contributed by atoms with Crippen LogP contribution in [0.5, 0.6) is 0 Å². The standard InChI is InChI=1S/C13H14N2OS/c1-10-5-4-8-15-12(10)9-17(16)13-7-3-2-6-11(13)14/h2-8H,9,14H2,1H3. The predicted octanol–water partition coefficient (Wildman–Crippen LogP) is 2.28. The van der Waals surface area contributed by atoms with Gasteiger partial charge in [0.25, 0.3) is 0 Å². The van der Waals surface area contributed by atoms with Gasteiger partial charge in [-0.05, 0) is 30.7 Å². The first kappa shape index (κ1) is 11.8. The van der Waals surface area contributed by atoms with E-state index in [0.717, 1.165) is 11.3 Å². The van der Waals surface area contributed by atoms with E-state index >= 15 is 0 Å². The molecule has 0 saturated carbocycles. The molecule has 2 N–H and O–H groups in total. The Hall–Kier alpha value is -1.68. The molecule has 0 bridgehead atoms. The quantitative estimate of drug-likeness (QED) is 0.845. The molecular weight excluding hydrogens is 232 g/mol. The smallest absolute Gasteiger partial charge is 0.0709 e. The molecule has 0 spiro atoms. The molecule has 0 aliphatic heterocycles. The zero-order valence-corrected chi connectivity index (χ0v) is 10.4. The van der Waals surface area contributed by atoms with Crippen LogP contribution >= 0.6 is 0 Å². The van der Waals surface area contributed by atoms with Crippen LogP contribution in [-0.2, 0) is 16.6 Å². The van der Waals surface area contributed by atoms with Crippen molar-refractivity contribution in [2.24, 2.45) is 0 Å². The minimum absolute atomic E-state index is 0.404. The van der Waals surface area contributed by atoms with E-state index in [1.165, 1.54) is 0 Å². The summed E-state index contributed by atoms with van der Waals surface area (Å²) in [7, 11) is -1.14. The molecule has 1 atom stereocenters. The number of nitrogens with two attached hydrogens (primary N) is 1. The Morgan fingerprint density at radius 1 is 1.24 bits per heavy atom. The van der Waals surface area contributed by atoms with Gasteiger partial charge in [0.1, 0.15) is 0 Å². The normalized spacial score (nSPS) is 12.3. The average Bonchev–Trinajstić information content (AvgIpc) is 2.32. The van der Waals surface area contributed by atoms with Crippen LogP contribution in [-0.4, -0.2) is 9.19 Å². The number of rotatable bonds is 3. The second kappa shape index (κ2) is 5.10. The zero-order chi connectivity index (χ0) is 12.3. The molecule has 1 aromatic heterocycles. The third kappa shape index (κ3) is 2.71. The van der Waals surface area contributed by atoms with Gasteiger partial charge in [-0.15, -0.1) is 0 Å². The molecule has 1 aromatic carbocycles. The second-order valence-electron chi connectivity index (χ2n) is 3.79. The van der Waals surface area contributed by atoms with E-state index in [-0.39, 0.29) is 0 Å². The molecular formula is C13H14N2OS. The largest absolute Gasteiger partial charge is 0.398 e. The molecule has 3 nitrogen and oxygen atoms in total. The summed E-state index contributed by atoms with van der Waals surface area (Å²) in [6.45, 7) is 1.97. The highest BCUT2D eigenvalue weighted by Gasteiger charge is 2.10. The molecule has 0 aliphatic rings. The van der Waals surface area contributed by atoms with E-state index in [4.69, 9.17) is 5.73 Å². The van der Waals surface area contributed by atoms with E-state index in [9.17, 15) is 4.21 Å². The van der Waals surface area contributed by atoms with Crippen molar-refractivity contribution in [3.63, 3.8) is 0 Å². The number of hydrogen-bond donors (Lipinski definition) is 1. The fourth-order valence-corrected chi connectivity index (χ4v) is 2.83. The lowest BCUT2D eigenvalue weighted by atomic mass is 10.2. The van der Waals surface area contributed by atoms with E-state index in [1.807, 2.05) is 31.2 Å². The van der Waals surface area contributed by atoms with Crippen LogP contribution in [0.15, 0.2) is 47.5 Å². The summed E-state index contributed by atoms with van der Waals surface area (Å²) in [4.78, 5) is 4.92. The number of para-hydroxylation sites is 1. The molecule has 0 saturated heterocycles. The van der Waals surface area contributed by atoms with Crippen molar-refractivity contribution in [1.82, 2.24) is 4.98 Å². The molecule has 0 radical (unpaired) electrons. The number of aromatic nitrogens is 1. The van der Waals surface area contributed by atoms with Crippen molar-refractivity contribution < 1.29 is 4.21 Å². The Bertz CT molecular complexity index is 555. The molecule has 0 fully saturated rings. The van der Waals surface area contributed by atoms with Gasteiger partial charge < -0.3 is 5.73 Å². The van der Waals surface area contributed by atoms with Crippen molar-refractivity contribution in [2.75, 3.05) is 5.73 Å². The number of anilines is 1. The Kier molecular flexibility index (Phi) is 3.54. The van der Waals surface area contributed by atoms with Gasteiger partial charge in [-0.1, -0.05) is 18.2 Å². The molecule has 1 heterocycles. The number of aryl methyl sites for hydroxylation is 1.